The van der Waals surface area contributed by atoms with Crippen molar-refractivity contribution in [2.75, 3.05) is 5.75 Å². The van der Waals surface area contributed by atoms with E-state index in [1.807, 2.05) is 60.0 Å². The van der Waals surface area contributed by atoms with Gasteiger partial charge in [0.05, 0.1) is 5.75 Å². The normalized spacial score (nSPS) is 19.9. The Labute approximate surface area is 200 Å². The summed E-state index contributed by atoms with van der Waals surface area (Å²) in [6, 6.07) is 18.1. The van der Waals surface area contributed by atoms with E-state index in [9.17, 15) is 14.4 Å². The number of aromatic nitrogens is 3. The molecule has 2 N–H and O–H groups in total. The molecular weight excluding hydrogens is 452 g/mol. The minimum atomic E-state index is -1.20. The average Bonchev–Trinajstić information content (AvgIpc) is 3.58. The van der Waals surface area contributed by atoms with E-state index in [-0.39, 0.29) is 5.75 Å². The number of para-hydroxylation sites is 1. The molecule has 1 aromatic heterocycles. The SMILES string of the molecule is CCC1(c2ccccc2)NC(=O)N(NC(=O)CSc2nnc(C3CC3)n2-c2ccccc2)C1=O. The van der Waals surface area contributed by atoms with Gasteiger partial charge in [-0.1, -0.05) is 67.2 Å². The predicted molar refractivity (Wildman–Crippen MR) is 126 cm³/mol. The number of hydrogen-bond acceptors (Lipinski definition) is 6. The molecule has 2 heterocycles. The molecule has 2 aliphatic rings. The Balaban J connectivity index is 1.30. The van der Waals surface area contributed by atoms with E-state index in [1.165, 1.54) is 11.8 Å². The lowest BCUT2D eigenvalue weighted by molar-refractivity contribution is -0.138. The van der Waals surface area contributed by atoms with Crippen LogP contribution in [0.25, 0.3) is 5.69 Å². The van der Waals surface area contributed by atoms with Gasteiger partial charge in [-0.2, -0.15) is 5.01 Å². The Kier molecular flexibility index (Phi) is 5.82. The van der Waals surface area contributed by atoms with Crippen LogP contribution in [0, 0.1) is 0 Å². The van der Waals surface area contributed by atoms with Crippen LogP contribution in [0.2, 0.25) is 0 Å². The van der Waals surface area contributed by atoms with Crippen LogP contribution in [0.5, 0.6) is 0 Å². The zero-order valence-corrected chi connectivity index (χ0v) is 19.4. The third-order valence-electron chi connectivity index (χ3n) is 6.07. The van der Waals surface area contributed by atoms with E-state index in [2.05, 4.69) is 20.9 Å². The highest BCUT2D eigenvalue weighted by Gasteiger charge is 2.52. The molecule has 2 aromatic carbocycles. The fourth-order valence-corrected chi connectivity index (χ4v) is 4.88. The highest BCUT2D eigenvalue weighted by atomic mass is 32.2. The first kappa shape index (κ1) is 22.1. The van der Waals surface area contributed by atoms with Crippen molar-refractivity contribution in [2.24, 2.45) is 0 Å². The number of benzene rings is 2. The van der Waals surface area contributed by atoms with Crippen molar-refractivity contribution in [2.45, 2.75) is 42.8 Å². The number of nitrogens with zero attached hydrogens (tertiary/aromatic N) is 4. The molecule has 1 atom stereocenters. The second-order valence-electron chi connectivity index (χ2n) is 8.31. The molecule has 1 saturated carbocycles. The summed E-state index contributed by atoms with van der Waals surface area (Å²) in [5, 5.41) is 12.8. The van der Waals surface area contributed by atoms with Gasteiger partial charge in [-0.05, 0) is 37.0 Å². The number of urea groups is 1. The van der Waals surface area contributed by atoms with Gasteiger partial charge < -0.3 is 5.32 Å². The van der Waals surface area contributed by atoms with E-state index in [0.717, 1.165) is 29.4 Å². The van der Waals surface area contributed by atoms with Crippen molar-refractivity contribution >= 4 is 29.6 Å². The molecule has 10 heteroatoms. The van der Waals surface area contributed by atoms with Crippen LogP contribution < -0.4 is 10.7 Å². The molecule has 0 bridgehead atoms. The largest absolute Gasteiger partial charge is 0.344 e. The Hall–Kier alpha value is -3.66. The number of imide groups is 1. The van der Waals surface area contributed by atoms with Crippen LogP contribution in [0.15, 0.2) is 65.8 Å². The summed E-state index contributed by atoms with van der Waals surface area (Å²) in [7, 11) is 0. The van der Waals surface area contributed by atoms with E-state index in [0.29, 0.717) is 23.1 Å². The van der Waals surface area contributed by atoms with Gasteiger partial charge >= 0.3 is 6.03 Å². The highest BCUT2D eigenvalue weighted by molar-refractivity contribution is 7.99. The fourth-order valence-electron chi connectivity index (χ4n) is 4.13. The number of rotatable bonds is 8. The van der Waals surface area contributed by atoms with Gasteiger partial charge in [0.15, 0.2) is 5.16 Å². The van der Waals surface area contributed by atoms with E-state index < -0.39 is 23.4 Å². The minimum absolute atomic E-state index is 0.0306. The molecular formula is C24H24N6O3S. The van der Waals surface area contributed by atoms with Crippen LogP contribution in [-0.4, -0.2) is 43.4 Å². The molecule has 2 fully saturated rings. The molecule has 3 aromatic rings. The number of carbonyl (C=O) groups is 3. The van der Waals surface area contributed by atoms with Gasteiger partial charge in [0.1, 0.15) is 11.4 Å². The number of hydrogen-bond donors (Lipinski definition) is 2. The molecule has 5 rings (SSSR count). The van der Waals surface area contributed by atoms with E-state index in [1.54, 1.807) is 12.1 Å². The van der Waals surface area contributed by atoms with Gasteiger partial charge in [-0.3, -0.25) is 19.6 Å². The Morgan fingerprint density at radius 3 is 2.41 bits per heavy atom. The zero-order chi connectivity index (χ0) is 23.7. The smallest absolute Gasteiger partial charge is 0.318 e. The van der Waals surface area contributed by atoms with Gasteiger partial charge in [-0.15, -0.1) is 10.2 Å². The molecule has 34 heavy (non-hydrogen) atoms. The fraction of sp³-hybridized carbons (Fsp3) is 0.292. The Bertz CT molecular complexity index is 1230. The summed E-state index contributed by atoms with van der Waals surface area (Å²) >= 11 is 1.21. The van der Waals surface area contributed by atoms with Crippen molar-refractivity contribution < 1.29 is 14.4 Å². The first-order valence-corrected chi connectivity index (χ1v) is 12.2. The van der Waals surface area contributed by atoms with Crippen molar-refractivity contribution in [3.8, 4) is 5.69 Å². The molecule has 1 unspecified atom stereocenters. The minimum Gasteiger partial charge on any atom is -0.318 e. The van der Waals surface area contributed by atoms with E-state index in [4.69, 9.17) is 0 Å². The van der Waals surface area contributed by atoms with Gasteiger partial charge in [0.25, 0.3) is 5.91 Å². The van der Waals surface area contributed by atoms with Crippen molar-refractivity contribution in [1.82, 2.24) is 30.5 Å². The van der Waals surface area contributed by atoms with Crippen LogP contribution >= 0.6 is 11.8 Å². The summed E-state index contributed by atoms with van der Waals surface area (Å²) in [6.07, 6.45) is 2.50. The maximum absolute atomic E-state index is 13.2. The van der Waals surface area contributed by atoms with Gasteiger partial charge in [0.2, 0.25) is 5.91 Å². The predicted octanol–water partition coefficient (Wildman–Crippen LogP) is 3.13. The Morgan fingerprint density at radius 1 is 1.09 bits per heavy atom. The van der Waals surface area contributed by atoms with Crippen molar-refractivity contribution in [1.29, 1.82) is 0 Å². The second kappa shape index (κ2) is 8.94. The number of hydrazine groups is 1. The number of amides is 4. The van der Waals surface area contributed by atoms with Gasteiger partial charge in [0, 0.05) is 11.6 Å². The lowest BCUT2D eigenvalue weighted by Crippen LogP contribution is -2.49. The maximum Gasteiger partial charge on any atom is 0.344 e. The summed E-state index contributed by atoms with van der Waals surface area (Å²) in [5.74, 6) is 0.245. The first-order valence-electron chi connectivity index (χ1n) is 11.2. The molecule has 1 aliphatic carbocycles. The standard InChI is InChI=1S/C24H24N6O3S/c1-2-24(17-9-5-3-6-10-17)21(32)30(22(33)25-24)28-19(31)15-34-23-27-26-20(16-13-14-16)29(23)18-11-7-4-8-12-18/h3-12,16H,2,13-15H2,1H3,(H,25,33)(H,28,31). The molecule has 0 spiro atoms. The second-order valence-corrected chi connectivity index (χ2v) is 9.25. The van der Waals surface area contributed by atoms with Crippen molar-refractivity contribution in [3.05, 3.63) is 72.1 Å². The lowest BCUT2D eigenvalue weighted by Gasteiger charge is -2.25. The number of thioether (sulfide) groups is 1. The van der Waals surface area contributed by atoms with Crippen LogP contribution in [0.1, 0.15) is 43.5 Å². The average molecular weight is 477 g/mol. The third-order valence-corrected chi connectivity index (χ3v) is 7.00. The molecule has 1 saturated heterocycles. The third kappa shape index (κ3) is 3.94. The summed E-state index contributed by atoms with van der Waals surface area (Å²) in [6.45, 7) is 1.82. The molecule has 9 nitrogen and oxygen atoms in total. The quantitative estimate of drug-likeness (QED) is 0.382. The monoisotopic (exact) mass is 476 g/mol. The first-order chi connectivity index (χ1) is 16.5. The molecule has 4 amide bonds. The maximum atomic E-state index is 13.2. The Morgan fingerprint density at radius 2 is 1.76 bits per heavy atom. The molecule has 174 valence electrons. The van der Waals surface area contributed by atoms with Crippen LogP contribution in [0.4, 0.5) is 4.79 Å². The summed E-state index contributed by atoms with van der Waals surface area (Å²) in [5.41, 5.74) is 2.86. The molecule has 1 aliphatic heterocycles. The highest BCUT2D eigenvalue weighted by Crippen LogP contribution is 2.41. The summed E-state index contributed by atoms with van der Waals surface area (Å²) in [4.78, 5) is 38.5. The van der Waals surface area contributed by atoms with Crippen molar-refractivity contribution in [3.63, 3.8) is 0 Å². The number of carbonyl (C=O) groups excluding carboxylic acids is 3. The number of nitrogens with one attached hydrogen (secondary N) is 2. The van der Waals surface area contributed by atoms with Crippen LogP contribution in [-0.2, 0) is 15.1 Å². The van der Waals surface area contributed by atoms with Crippen LogP contribution in [0.3, 0.4) is 0 Å². The van der Waals surface area contributed by atoms with Gasteiger partial charge in [-0.25, -0.2) is 4.79 Å². The zero-order valence-electron chi connectivity index (χ0n) is 18.6. The summed E-state index contributed by atoms with van der Waals surface area (Å²) < 4.78 is 1.97. The molecule has 0 radical (unpaired) electrons. The topological polar surface area (TPSA) is 109 Å². The lowest BCUT2D eigenvalue weighted by atomic mass is 9.87. The van der Waals surface area contributed by atoms with E-state index >= 15 is 0 Å².